The Labute approximate surface area is 61.0 Å². The van der Waals surface area contributed by atoms with Crippen molar-refractivity contribution in [1.82, 2.24) is 0 Å². The van der Waals surface area contributed by atoms with E-state index in [0.717, 1.165) is 5.56 Å². The lowest BCUT2D eigenvalue weighted by Gasteiger charge is -2.12. The molecule has 51 valence electrons. The summed E-state index contributed by atoms with van der Waals surface area (Å²) in [6.07, 6.45) is 9.57. The zero-order chi connectivity index (χ0) is 7.61. The molecule has 0 aromatic carbocycles. The van der Waals surface area contributed by atoms with E-state index in [-0.39, 0.29) is 5.41 Å². The summed E-state index contributed by atoms with van der Waals surface area (Å²) in [4.78, 5) is 0. The summed E-state index contributed by atoms with van der Waals surface area (Å²) in [5.74, 6) is 2.65. The van der Waals surface area contributed by atoms with Crippen LogP contribution in [0.2, 0.25) is 0 Å². The Balaban J connectivity index is 2.99. The second-order valence-corrected chi connectivity index (χ2v) is 2.71. The number of terminal acetylenes is 1. The Morgan fingerprint density at radius 3 is 2.80 bits per heavy atom. The molecule has 0 aliphatic carbocycles. The van der Waals surface area contributed by atoms with Gasteiger partial charge in [0.15, 0.2) is 6.26 Å². The van der Waals surface area contributed by atoms with Crippen molar-refractivity contribution in [3.8, 4) is 12.3 Å². The molecular formula is C9H9O. The SMILES string of the molecule is C#CC(C)(C)c1[c]occ1. The first-order chi connectivity index (χ1) is 4.67. The second kappa shape index (κ2) is 2.22. The highest BCUT2D eigenvalue weighted by molar-refractivity contribution is 5.27. The monoisotopic (exact) mass is 133 g/mol. The van der Waals surface area contributed by atoms with Crippen LogP contribution in [0.4, 0.5) is 0 Å². The highest BCUT2D eigenvalue weighted by Crippen LogP contribution is 2.21. The summed E-state index contributed by atoms with van der Waals surface area (Å²) in [6.45, 7) is 3.91. The standard InChI is InChI=1S/C9H9O/c1-4-9(2,3)8-5-6-10-7-8/h1,5-6H,2-3H3. The number of furan rings is 1. The summed E-state index contributed by atoms with van der Waals surface area (Å²) in [6, 6.07) is 1.83. The van der Waals surface area contributed by atoms with Crippen LogP contribution in [0, 0.1) is 18.6 Å². The molecule has 0 aliphatic heterocycles. The first-order valence-electron chi connectivity index (χ1n) is 3.10. The highest BCUT2D eigenvalue weighted by Gasteiger charge is 2.18. The van der Waals surface area contributed by atoms with Crippen LogP contribution in [-0.4, -0.2) is 0 Å². The average Bonchev–Trinajstić information content (AvgIpc) is 2.38. The van der Waals surface area contributed by atoms with E-state index in [1.165, 1.54) is 0 Å². The van der Waals surface area contributed by atoms with E-state index in [2.05, 4.69) is 12.2 Å². The van der Waals surface area contributed by atoms with Crippen molar-refractivity contribution < 1.29 is 4.42 Å². The lowest BCUT2D eigenvalue weighted by molar-refractivity contribution is 0.545. The van der Waals surface area contributed by atoms with Gasteiger partial charge in [-0.05, 0) is 19.9 Å². The maximum absolute atomic E-state index is 5.29. The van der Waals surface area contributed by atoms with Crippen LogP contribution in [0.5, 0.6) is 0 Å². The molecule has 0 N–H and O–H groups in total. The first-order valence-corrected chi connectivity index (χ1v) is 3.10. The molecule has 1 radical (unpaired) electrons. The normalized spacial score (nSPS) is 10.9. The maximum Gasteiger partial charge on any atom is 0.174 e. The van der Waals surface area contributed by atoms with Gasteiger partial charge in [0.1, 0.15) is 0 Å². The Morgan fingerprint density at radius 2 is 2.40 bits per heavy atom. The lowest BCUT2D eigenvalue weighted by atomic mass is 9.88. The fourth-order valence-electron chi connectivity index (χ4n) is 0.647. The molecule has 0 spiro atoms. The molecule has 0 atom stereocenters. The Kier molecular flexibility index (Phi) is 1.55. The highest BCUT2D eigenvalue weighted by atomic mass is 16.3. The van der Waals surface area contributed by atoms with Crippen molar-refractivity contribution in [2.45, 2.75) is 19.3 Å². The minimum Gasteiger partial charge on any atom is -0.461 e. The average molecular weight is 133 g/mol. The van der Waals surface area contributed by atoms with Crippen LogP contribution in [0.25, 0.3) is 0 Å². The molecule has 0 saturated carbocycles. The van der Waals surface area contributed by atoms with Crippen molar-refractivity contribution in [3.63, 3.8) is 0 Å². The summed E-state index contributed by atoms with van der Waals surface area (Å²) < 4.78 is 4.78. The van der Waals surface area contributed by atoms with Gasteiger partial charge in [-0.3, -0.25) is 0 Å². The third kappa shape index (κ3) is 1.06. The fourth-order valence-corrected chi connectivity index (χ4v) is 0.647. The Hall–Kier alpha value is -1.16. The first kappa shape index (κ1) is 6.95. The van der Waals surface area contributed by atoms with Crippen LogP contribution < -0.4 is 0 Å². The molecule has 0 unspecified atom stereocenters. The number of hydrogen-bond donors (Lipinski definition) is 0. The molecule has 1 heteroatoms. The molecule has 0 aliphatic rings. The maximum atomic E-state index is 5.29. The number of rotatable bonds is 1. The van der Waals surface area contributed by atoms with Gasteiger partial charge in [0.05, 0.1) is 11.7 Å². The van der Waals surface area contributed by atoms with E-state index < -0.39 is 0 Å². The van der Waals surface area contributed by atoms with Gasteiger partial charge in [-0.2, -0.15) is 0 Å². The van der Waals surface area contributed by atoms with Gasteiger partial charge in [0.25, 0.3) is 0 Å². The van der Waals surface area contributed by atoms with Crippen LogP contribution in [0.1, 0.15) is 19.4 Å². The molecule has 1 nitrogen and oxygen atoms in total. The molecule has 0 saturated heterocycles. The molecule has 1 rings (SSSR count). The topological polar surface area (TPSA) is 13.1 Å². The van der Waals surface area contributed by atoms with Crippen molar-refractivity contribution in [2.24, 2.45) is 0 Å². The van der Waals surface area contributed by atoms with Gasteiger partial charge in [-0.15, -0.1) is 6.42 Å². The van der Waals surface area contributed by atoms with Crippen molar-refractivity contribution in [3.05, 3.63) is 24.2 Å². The molecule has 0 bridgehead atoms. The molecule has 1 aromatic rings. The molecule has 10 heavy (non-hydrogen) atoms. The van der Waals surface area contributed by atoms with Crippen molar-refractivity contribution in [2.75, 3.05) is 0 Å². The van der Waals surface area contributed by atoms with Crippen molar-refractivity contribution in [1.29, 1.82) is 0 Å². The summed E-state index contributed by atoms with van der Waals surface area (Å²) in [7, 11) is 0. The van der Waals surface area contributed by atoms with Gasteiger partial charge in [0, 0.05) is 5.56 Å². The largest absolute Gasteiger partial charge is 0.461 e. The van der Waals surface area contributed by atoms with Gasteiger partial charge >= 0.3 is 0 Å². The van der Waals surface area contributed by atoms with E-state index in [0.29, 0.717) is 0 Å². The van der Waals surface area contributed by atoms with Gasteiger partial charge in [0.2, 0.25) is 0 Å². The molecule has 1 heterocycles. The second-order valence-electron chi connectivity index (χ2n) is 2.71. The quantitative estimate of drug-likeness (QED) is 0.534. The van der Waals surface area contributed by atoms with E-state index in [9.17, 15) is 0 Å². The van der Waals surface area contributed by atoms with Crippen molar-refractivity contribution >= 4 is 0 Å². The predicted octanol–water partition coefficient (Wildman–Crippen LogP) is 1.99. The lowest BCUT2D eigenvalue weighted by Crippen LogP contribution is -2.12. The summed E-state index contributed by atoms with van der Waals surface area (Å²) >= 11 is 0. The van der Waals surface area contributed by atoms with E-state index >= 15 is 0 Å². The third-order valence-electron chi connectivity index (χ3n) is 1.51. The summed E-state index contributed by atoms with van der Waals surface area (Å²) in [5.41, 5.74) is 0.669. The Bertz CT molecular complexity index is 236. The third-order valence-corrected chi connectivity index (χ3v) is 1.51. The van der Waals surface area contributed by atoms with Crippen LogP contribution in [0.3, 0.4) is 0 Å². The van der Waals surface area contributed by atoms with E-state index in [4.69, 9.17) is 10.8 Å². The number of hydrogen-bond acceptors (Lipinski definition) is 1. The zero-order valence-electron chi connectivity index (χ0n) is 6.14. The fraction of sp³-hybridized carbons (Fsp3) is 0.333. The zero-order valence-corrected chi connectivity index (χ0v) is 6.14. The minimum absolute atomic E-state index is 0.257. The molecule has 1 aromatic heterocycles. The summed E-state index contributed by atoms with van der Waals surface area (Å²) in [5, 5.41) is 0. The smallest absolute Gasteiger partial charge is 0.174 e. The predicted molar refractivity (Wildman–Crippen MR) is 39.4 cm³/mol. The van der Waals surface area contributed by atoms with E-state index in [1.807, 2.05) is 19.9 Å². The van der Waals surface area contributed by atoms with E-state index in [1.54, 1.807) is 6.26 Å². The van der Waals surface area contributed by atoms with Crippen LogP contribution in [0.15, 0.2) is 16.7 Å². The van der Waals surface area contributed by atoms with Gasteiger partial charge < -0.3 is 4.42 Å². The molecule has 0 amide bonds. The van der Waals surface area contributed by atoms with Crippen LogP contribution >= 0.6 is 0 Å². The minimum atomic E-state index is -0.257. The van der Waals surface area contributed by atoms with Crippen LogP contribution in [-0.2, 0) is 5.41 Å². The Morgan fingerprint density at radius 1 is 1.70 bits per heavy atom. The van der Waals surface area contributed by atoms with Gasteiger partial charge in [-0.25, -0.2) is 0 Å². The molecule has 0 fully saturated rings. The molecular weight excluding hydrogens is 124 g/mol. The van der Waals surface area contributed by atoms with Gasteiger partial charge in [-0.1, -0.05) is 5.92 Å².